The highest BCUT2D eigenvalue weighted by Crippen LogP contribution is 2.15. The molecule has 1 amide bonds. The van der Waals surface area contributed by atoms with E-state index in [2.05, 4.69) is 4.98 Å². The molecule has 0 saturated carbocycles. The highest BCUT2D eigenvalue weighted by Gasteiger charge is 2.18. The van der Waals surface area contributed by atoms with Crippen LogP contribution in [0.4, 0.5) is 13.2 Å². The number of nitrogens with zero attached hydrogens (tertiary/aromatic N) is 2. The van der Waals surface area contributed by atoms with Crippen molar-refractivity contribution in [1.82, 2.24) is 9.88 Å². The first-order valence-corrected chi connectivity index (χ1v) is 5.78. The van der Waals surface area contributed by atoms with Gasteiger partial charge in [0.1, 0.15) is 0 Å². The molecule has 0 saturated heterocycles. The lowest BCUT2D eigenvalue weighted by Crippen LogP contribution is -2.26. The van der Waals surface area contributed by atoms with Crippen molar-refractivity contribution in [3.63, 3.8) is 0 Å². The molecular formula is C14H11F3N2O. The predicted octanol–water partition coefficient (Wildman–Crippen LogP) is 2.77. The maximum absolute atomic E-state index is 13.1. The van der Waals surface area contributed by atoms with Gasteiger partial charge in [0.2, 0.25) is 0 Å². The molecule has 20 heavy (non-hydrogen) atoms. The fraction of sp³-hybridized carbons (Fsp3) is 0.143. The molecule has 0 atom stereocenters. The molecule has 0 N–H and O–H groups in total. The second-order valence-corrected chi connectivity index (χ2v) is 4.28. The molecule has 2 rings (SSSR count). The van der Waals surface area contributed by atoms with Crippen LogP contribution in [0.5, 0.6) is 0 Å². The Bertz CT molecular complexity index is 609. The van der Waals surface area contributed by atoms with Crippen molar-refractivity contribution >= 4 is 5.91 Å². The second-order valence-electron chi connectivity index (χ2n) is 4.28. The Morgan fingerprint density at radius 2 is 1.90 bits per heavy atom. The molecule has 1 aromatic carbocycles. The highest BCUT2D eigenvalue weighted by atomic mass is 19.2. The zero-order chi connectivity index (χ0) is 14.7. The molecule has 1 heterocycles. The van der Waals surface area contributed by atoms with Gasteiger partial charge in [0, 0.05) is 31.5 Å². The standard InChI is InChI=1S/C14H11F3N2O/c1-19(8-9-3-2-4-18-7-9)14(20)10-5-11(15)13(17)12(16)6-10/h2-7H,8H2,1H3. The van der Waals surface area contributed by atoms with Gasteiger partial charge in [-0.15, -0.1) is 0 Å². The molecule has 104 valence electrons. The van der Waals surface area contributed by atoms with E-state index in [-0.39, 0.29) is 12.1 Å². The minimum absolute atomic E-state index is 0.229. The van der Waals surface area contributed by atoms with Crippen LogP contribution in [0.15, 0.2) is 36.7 Å². The summed E-state index contributed by atoms with van der Waals surface area (Å²) in [6.45, 7) is 0.229. The van der Waals surface area contributed by atoms with Crippen LogP contribution in [-0.4, -0.2) is 22.8 Å². The Morgan fingerprint density at radius 3 is 2.45 bits per heavy atom. The molecule has 3 nitrogen and oxygen atoms in total. The first-order valence-electron chi connectivity index (χ1n) is 5.78. The minimum Gasteiger partial charge on any atom is -0.337 e. The fourth-order valence-corrected chi connectivity index (χ4v) is 1.74. The molecule has 6 heteroatoms. The molecule has 0 aliphatic heterocycles. The summed E-state index contributed by atoms with van der Waals surface area (Å²) in [7, 11) is 1.48. The van der Waals surface area contributed by atoms with Crippen LogP contribution < -0.4 is 0 Å². The third-order valence-corrected chi connectivity index (χ3v) is 2.72. The van der Waals surface area contributed by atoms with Crippen molar-refractivity contribution in [2.24, 2.45) is 0 Å². The predicted molar refractivity (Wildman–Crippen MR) is 66.4 cm³/mol. The lowest BCUT2D eigenvalue weighted by Gasteiger charge is -2.17. The summed E-state index contributed by atoms with van der Waals surface area (Å²) in [6.07, 6.45) is 3.17. The third-order valence-electron chi connectivity index (χ3n) is 2.72. The van der Waals surface area contributed by atoms with Crippen molar-refractivity contribution in [2.45, 2.75) is 6.54 Å². The molecule has 0 bridgehead atoms. The normalized spacial score (nSPS) is 10.4. The minimum atomic E-state index is -1.59. The monoisotopic (exact) mass is 280 g/mol. The number of benzene rings is 1. The first-order chi connectivity index (χ1) is 9.49. The summed E-state index contributed by atoms with van der Waals surface area (Å²) >= 11 is 0. The van der Waals surface area contributed by atoms with Gasteiger partial charge in [-0.05, 0) is 23.8 Å². The first kappa shape index (κ1) is 14.0. The van der Waals surface area contributed by atoms with E-state index in [4.69, 9.17) is 0 Å². The summed E-state index contributed by atoms with van der Waals surface area (Å²) in [6, 6.07) is 4.84. The van der Waals surface area contributed by atoms with Crippen LogP contribution in [0, 0.1) is 17.5 Å². The lowest BCUT2D eigenvalue weighted by molar-refractivity contribution is 0.0783. The molecule has 1 aromatic heterocycles. The molecule has 0 aliphatic rings. The molecular weight excluding hydrogens is 269 g/mol. The van der Waals surface area contributed by atoms with Gasteiger partial charge in [-0.2, -0.15) is 0 Å². The average molecular weight is 280 g/mol. The lowest BCUT2D eigenvalue weighted by atomic mass is 10.1. The summed E-state index contributed by atoms with van der Waals surface area (Å²) in [4.78, 5) is 17.2. The quantitative estimate of drug-likeness (QED) is 0.810. The topological polar surface area (TPSA) is 33.2 Å². The number of rotatable bonds is 3. The molecule has 0 spiro atoms. The average Bonchev–Trinajstić information content (AvgIpc) is 2.44. The molecule has 0 aliphatic carbocycles. The van der Waals surface area contributed by atoms with Crippen LogP contribution in [0.2, 0.25) is 0 Å². The molecule has 0 radical (unpaired) electrons. The van der Waals surface area contributed by atoms with Crippen LogP contribution in [0.1, 0.15) is 15.9 Å². The van der Waals surface area contributed by atoms with Gasteiger partial charge in [0.05, 0.1) is 0 Å². The van der Waals surface area contributed by atoms with Crippen LogP contribution in [0.25, 0.3) is 0 Å². The van der Waals surface area contributed by atoms with Crippen LogP contribution >= 0.6 is 0 Å². The molecule has 0 fully saturated rings. The Hall–Kier alpha value is -2.37. The van der Waals surface area contributed by atoms with E-state index in [0.29, 0.717) is 12.1 Å². The van der Waals surface area contributed by atoms with Crippen molar-refractivity contribution in [2.75, 3.05) is 7.05 Å². The number of carbonyl (C=O) groups is 1. The van der Waals surface area contributed by atoms with Gasteiger partial charge in [-0.25, -0.2) is 13.2 Å². The highest BCUT2D eigenvalue weighted by molar-refractivity contribution is 5.94. The maximum atomic E-state index is 13.1. The zero-order valence-corrected chi connectivity index (χ0v) is 10.6. The van der Waals surface area contributed by atoms with Crippen molar-refractivity contribution in [1.29, 1.82) is 0 Å². The third kappa shape index (κ3) is 2.96. The van der Waals surface area contributed by atoms with E-state index in [0.717, 1.165) is 5.56 Å². The SMILES string of the molecule is CN(Cc1cccnc1)C(=O)c1cc(F)c(F)c(F)c1. The van der Waals surface area contributed by atoms with Crippen molar-refractivity contribution in [3.8, 4) is 0 Å². The number of amides is 1. The second kappa shape index (κ2) is 5.73. The Kier molecular flexibility index (Phi) is 4.02. The number of aromatic nitrogens is 1. The smallest absolute Gasteiger partial charge is 0.254 e. The van der Waals surface area contributed by atoms with Crippen molar-refractivity contribution < 1.29 is 18.0 Å². The summed E-state index contributed by atoms with van der Waals surface area (Å²) in [5.74, 6) is -4.96. The summed E-state index contributed by atoms with van der Waals surface area (Å²) in [5.41, 5.74) is 0.527. The van der Waals surface area contributed by atoms with Crippen LogP contribution in [0.3, 0.4) is 0 Å². The number of hydrogen-bond donors (Lipinski definition) is 0. The summed E-state index contributed by atoms with van der Waals surface area (Å²) in [5, 5.41) is 0. The van der Waals surface area contributed by atoms with E-state index in [1.807, 2.05) is 0 Å². The Labute approximate surface area is 113 Å². The summed E-state index contributed by atoms with van der Waals surface area (Å²) < 4.78 is 39.0. The Balaban J connectivity index is 2.19. The molecule has 0 unspecified atom stereocenters. The van der Waals surface area contributed by atoms with E-state index < -0.39 is 23.4 Å². The van der Waals surface area contributed by atoms with Gasteiger partial charge in [-0.1, -0.05) is 6.07 Å². The van der Waals surface area contributed by atoms with Gasteiger partial charge in [-0.3, -0.25) is 9.78 Å². The number of hydrogen-bond acceptors (Lipinski definition) is 2. The number of carbonyl (C=O) groups excluding carboxylic acids is 1. The van der Waals surface area contributed by atoms with E-state index in [9.17, 15) is 18.0 Å². The van der Waals surface area contributed by atoms with Gasteiger partial charge >= 0.3 is 0 Å². The van der Waals surface area contributed by atoms with Crippen molar-refractivity contribution in [3.05, 3.63) is 65.2 Å². The zero-order valence-electron chi connectivity index (χ0n) is 10.6. The van der Waals surface area contributed by atoms with Gasteiger partial charge in [0.15, 0.2) is 17.5 Å². The largest absolute Gasteiger partial charge is 0.337 e. The molecule has 2 aromatic rings. The number of halogens is 3. The number of pyridine rings is 1. The van der Waals surface area contributed by atoms with Gasteiger partial charge < -0.3 is 4.90 Å². The van der Waals surface area contributed by atoms with E-state index >= 15 is 0 Å². The maximum Gasteiger partial charge on any atom is 0.254 e. The van der Waals surface area contributed by atoms with Gasteiger partial charge in [0.25, 0.3) is 5.91 Å². The Morgan fingerprint density at radius 1 is 1.25 bits per heavy atom. The fourth-order valence-electron chi connectivity index (χ4n) is 1.74. The van der Waals surface area contributed by atoms with Crippen LogP contribution in [-0.2, 0) is 6.54 Å². The van der Waals surface area contributed by atoms with E-state index in [1.165, 1.54) is 11.9 Å². The van der Waals surface area contributed by atoms with E-state index in [1.54, 1.807) is 24.5 Å².